The summed E-state index contributed by atoms with van der Waals surface area (Å²) in [5, 5.41) is 6.12. The van der Waals surface area contributed by atoms with Crippen LogP contribution < -0.4 is 10.1 Å². The number of carbonyl (C=O) groups excluding carboxylic acids is 1. The van der Waals surface area contributed by atoms with Gasteiger partial charge >= 0.3 is 0 Å². The number of anilines is 1. The standard InChI is InChI=1S/C12H10ClFN2O3/c1-7(12(17)15-11-4-5-18-16-11)19-10-3-2-8(14)6-9(10)13/h2-7H,1H3,(H,15,16,17)/t7-/m0/s1. The normalized spacial score (nSPS) is 11.9. The third kappa shape index (κ3) is 3.45. The quantitative estimate of drug-likeness (QED) is 0.937. The fourth-order valence-electron chi connectivity index (χ4n) is 1.32. The highest BCUT2D eigenvalue weighted by Crippen LogP contribution is 2.25. The van der Waals surface area contributed by atoms with E-state index in [-0.39, 0.29) is 16.6 Å². The molecule has 1 amide bonds. The predicted octanol–water partition coefficient (Wildman–Crippen LogP) is 2.87. The summed E-state index contributed by atoms with van der Waals surface area (Å²) < 4.78 is 22.8. The minimum atomic E-state index is -0.820. The highest BCUT2D eigenvalue weighted by atomic mass is 35.5. The number of halogens is 2. The van der Waals surface area contributed by atoms with E-state index < -0.39 is 17.8 Å². The molecule has 19 heavy (non-hydrogen) atoms. The highest BCUT2D eigenvalue weighted by Gasteiger charge is 2.17. The fourth-order valence-corrected chi connectivity index (χ4v) is 1.53. The number of amides is 1. The third-order valence-corrected chi connectivity index (χ3v) is 2.55. The van der Waals surface area contributed by atoms with E-state index in [1.165, 1.54) is 31.4 Å². The second kappa shape index (κ2) is 5.71. The molecule has 2 rings (SSSR count). The van der Waals surface area contributed by atoms with Crippen molar-refractivity contribution >= 4 is 23.3 Å². The topological polar surface area (TPSA) is 64.4 Å². The van der Waals surface area contributed by atoms with Gasteiger partial charge in [0.2, 0.25) is 0 Å². The lowest BCUT2D eigenvalue weighted by Gasteiger charge is -2.14. The molecule has 7 heteroatoms. The van der Waals surface area contributed by atoms with E-state index in [4.69, 9.17) is 16.3 Å². The molecule has 0 radical (unpaired) electrons. The minimum Gasteiger partial charge on any atom is -0.479 e. The molecule has 0 aliphatic carbocycles. The first-order valence-corrected chi connectivity index (χ1v) is 5.77. The zero-order valence-corrected chi connectivity index (χ0v) is 10.6. The van der Waals surface area contributed by atoms with Gasteiger partial charge in [-0.15, -0.1) is 0 Å². The lowest BCUT2D eigenvalue weighted by molar-refractivity contribution is -0.122. The van der Waals surface area contributed by atoms with Crippen molar-refractivity contribution in [3.63, 3.8) is 0 Å². The number of carbonyl (C=O) groups is 1. The van der Waals surface area contributed by atoms with Crippen LogP contribution in [0.5, 0.6) is 5.75 Å². The summed E-state index contributed by atoms with van der Waals surface area (Å²) >= 11 is 5.80. The monoisotopic (exact) mass is 284 g/mol. The molecule has 1 aromatic carbocycles. The van der Waals surface area contributed by atoms with Crippen LogP contribution in [-0.2, 0) is 4.79 Å². The summed E-state index contributed by atoms with van der Waals surface area (Å²) in [4.78, 5) is 11.8. The molecule has 0 spiro atoms. The van der Waals surface area contributed by atoms with Gasteiger partial charge in [-0.3, -0.25) is 4.79 Å². The van der Waals surface area contributed by atoms with Crippen LogP contribution in [-0.4, -0.2) is 17.2 Å². The van der Waals surface area contributed by atoms with Gasteiger partial charge in [0.05, 0.1) is 5.02 Å². The average molecular weight is 285 g/mol. The van der Waals surface area contributed by atoms with Crippen molar-refractivity contribution in [1.82, 2.24) is 5.16 Å². The maximum Gasteiger partial charge on any atom is 0.266 e. The van der Waals surface area contributed by atoms with Crippen molar-refractivity contribution < 1.29 is 18.4 Å². The lowest BCUT2D eigenvalue weighted by atomic mass is 10.3. The maximum absolute atomic E-state index is 12.9. The minimum absolute atomic E-state index is 0.0982. The van der Waals surface area contributed by atoms with Crippen molar-refractivity contribution in [3.8, 4) is 5.75 Å². The Balaban J connectivity index is 2.00. The molecule has 100 valence electrons. The molecule has 1 atom stereocenters. The van der Waals surface area contributed by atoms with Crippen molar-refractivity contribution in [2.24, 2.45) is 0 Å². The summed E-state index contributed by atoms with van der Waals surface area (Å²) in [6.45, 7) is 1.54. The average Bonchev–Trinajstić information content (AvgIpc) is 2.85. The Kier molecular flexibility index (Phi) is 4.01. The van der Waals surface area contributed by atoms with Gasteiger partial charge in [0.15, 0.2) is 11.9 Å². The van der Waals surface area contributed by atoms with Crippen molar-refractivity contribution in [2.45, 2.75) is 13.0 Å². The van der Waals surface area contributed by atoms with E-state index in [0.717, 1.165) is 6.07 Å². The van der Waals surface area contributed by atoms with Crippen LogP contribution >= 0.6 is 11.6 Å². The van der Waals surface area contributed by atoms with E-state index >= 15 is 0 Å². The Labute approximate surface area is 113 Å². The number of ether oxygens (including phenoxy) is 1. The van der Waals surface area contributed by atoms with Crippen LogP contribution in [0.4, 0.5) is 10.2 Å². The first-order valence-electron chi connectivity index (χ1n) is 5.39. The molecule has 0 bridgehead atoms. The second-order valence-corrected chi connectivity index (χ2v) is 4.12. The van der Waals surface area contributed by atoms with Crippen LogP contribution in [0.3, 0.4) is 0 Å². The highest BCUT2D eigenvalue weighted by molar-refractivity contribution is 6.32. The van der Waals surface area contributed by atoms with Gasteiger partial charge in [-0.25, -0.2) is 4.39 Å². The van der Waals surface area contributed by atoms with E-state index in [0.29, 0.717) is 0 Å². The predicted molar refractivity (Wildman–Crippen MR) is 66.6 cm³/mol. The summed E-state index contributed by atoms with van der Waals surface area (Å²) in [6, 6.07) is 5.16. The Bertz CT molecular complexity index is 574. The summed E-state index contributed by atoms with van der Waals surface area (Å²) in [6.07, 6.45) is 0.512. The number of hydrogen-bond donors (Lipinski definition) is 1. The van der Waals surface area contributed by atoms with Gasteiger partial charge in [-0.2, -0.15) is 0 Å². The molecular formula is C12H10ClFN2O3. The molecule has 0 aliphatic heterocycles. The number of benzene rings is 1. The van der Waals surface area contributed by atoms with E-state index in [1.54, 1.807) is 0 Å². The number of rotatable bonds is 4. The number of nitrogens with zero attached hydrogens (tertiary/aromatic N) is 1. The van der Waals surface area contributed by atoms with Crippen LogP contribution in [0, 0.1) is 5.82 Å². The van der Waals surface area contributed by atoms with Crippen molar-refractivity contribution in [3.05, 3.63) is 41.4 Å². The van der Waals surface area contributed by atoms with Crippen LogP contribution in [0.15, 0.2) is 35.1 Å². The van der Waals surface area contributed by atoms with Crippen molar-refractivity contribution in [1.29, 1.82) is 0 Å². The molecular weight excluding hydrogens is 275 g/mol. The molecule has 0 unspecified atom stereocenters. The summed E-state index contributed by atoms with van der Waals surface area (Å²) in [5.41, 5.74) is 0. The van der Waals surface area contributed by atoms with E-state index in [9.17, 15) is 9.18 Å². The number of hydrogen-bond acceptors (Lipinski definition) is 4. The van der Waals surface area contributed by atoms with Gasteiger partial charge < -0.3 is 14.6 Å². The molecule has 5 nitrogen and oxygen atoms in total. The van der Waals surface area contributed by atoms with Crippen LogP contribution in [0.1, 0.15) is 6.92 Å². The van der Waals surface area contributed by atoms with Crippen LogP contribution in [0.25, 0.3) is 0 Å². The van der Waals surface area contributed by atoms with Gasteiger partial charge in [0.1, 0.15) is 17.8 Å². The Morgan fingerprint density at radius 3 is 2.95 bits per heavy atom. The van der Waals surface area contributed by atoms with Gasteiger partial charge in [0, 0.05) is 6.07 Å². The first-order chi connectivity index (χ1) is 9.06. The van der Waals surface area contributed by atoms with E-state index in [2.05, 4.69) is 15.0 Å². The fraction of sp³-hybridized carbons (Fsp3) is 0.167. The van der Waals surface area contributed by atoms with Gasteiger partial charge in [-0.1, -0.05) is 16.8 Å². The Morgan fingerprint density at radius 2 is 2.32 bits per heavy atom. The van der Waals surface area contributed by atoms with Crippen molar-refractivity contribution in [2.75, 3.05) is 5.32 Å². The maximum atomic E-state index is 12.9. The first kappa shape index (κ1) is 13.4. The lowest BCUT2D eigenvalue weighted by Crippen LogP contribution is -2.30. The second-order valence-electron chi connectivity index (χ2n) is 3.71. The summed E-state index contributed by atoms with van der Waals surface area (Å²) in [7, 11) is 0. The molecule has 0 saturated carbocycles. The largest absolute Gasteiger partial charge is 0.479 e. The van der Waals surface area contributed by atoms with Gasteiger partial charge in [-0.05, 0) is 25.1 Å². The molecule has 1 heterocycles. The molecule has 0 fully saturated rings. The molecule has 1 aromatic heterocycles. The third-order valence-electron chi connectivity index (χ3n) is 2.26. The van der Waals surface area contributed by atoms with E-state index in [1.807, 2.05) is 0 Å². The number of nitrogens with one attached hydrogen (secondary N) is 1. The smallest absolute Gasteiger partial charge is 0.266 e. The molecule has 2 aromatic rings. The summed E-state index contributed by atoms with van der Waals surface area (Å²) in [5.74, 6) is -0.386. The molecule has 0 aliphatic rings. The Hall–Kier alpha value is -2.08. The molecule has 0 saturated heterocycles. The number of aromatic nitrogens is 1. The zero-order valence-electron chi connectivity index (χ0n) is 9.89. The zero-order chi connectivity index (χ0) is 13.8. The Morgan fingerprint density at radius 1 is 1.53 bits per heavy atom. The van der Waals surface area contributed by atoms with Crippen LogP contribution in [0.2, 0.25) is 5.02 Å². The SMILES string of the molecule is C[C@H](Oc1ccc(F)cc1Cl)C(=O)Nc1ccon1. The van der Waals surface area contributed by atoms with Gasteiger partial charge in [0.25, 0.3) is 5.91 Å². The molecule has 1 N–H and O–H groups in total.